The van der Waals surface area contributed by atoms with E-state index in [4.69, 9.17) is 4.74 Å². The van der Waals surface area contributed by atoms with Crippen molar-refractivity contribution in [2.75, 3.05) is 35.9 Å². The number of hydrogen-bond donors (Lipinski definition) is 3. The van der Waals surface area contributed by atoms with Crippen molar-refractivity contribution in [2.45, 2.75) is 25.0 Å². The number of hydrogen-bond acceptors (Lipinski definition) is 7. The van der Waals surface area contributed by atoms with Crippen LogP contribution in [0.5, 0.6) is 0 Å². The Kier molecular flexibility index (Phi) is 6.57. The van der Waals surface area contributed by atoms with Crippen LogP contribution in [0, 0.1) is 5.92 Å². The van der Waals surface area contributed by atoms with Crippen LogP contribution in [0.25, 0.3) is 0 Å². The van der Waals surface area contributed by atoms with Crippen molar-refractivity contribution >= 4 is 33.3 Å². The standard InChI is InChI=1S/C23H27N3O6S/c1-33(30,31)25-19-12-17(22(27)28)11-18(13-19)24-21(16-5-3-2-4-6-16)23(29)32-20-14-26-9-7-15(20)8-10-26/h2-6,11-13,15,20-21,24-25H,7-10,14H2,1H3,(H,27,28)/t20-,21?/m0/s1. The van der Waals surface area contributed by atoms with Crippen molar-refractivity contribution in [2.24, 2.45) is 5.92 Å². The van der Waals surface area contributed by atoms with E-state index in [1.54, 1.807) is 24.3 Å². The summed E-state index contributed by atoms with van der Waals surface area (Å²) in [7, 11) is -3.62. The summed E-state index contributed by atoms with van der Waals surface area (Å²) in [6, 6.07) is 12.1. The third-order valence-corrected chi connectivity index (χ3v) is 6.63. The predicted molar refractivity (Wildman–Crippen MR) is 124 cm³/mol. The summed E-state index contributed by atoms with van der Waals surface area (Å²) in [6.07, 6.45) is 2.80. The number of nitrogens with zero attached hydrogens (tertiary/aromatic N) is 1. The number of ether oxygens (including phenoxy) is 1. The minimum Gasteiger partial charge on any atom is -0.478 e. The van der Waals surface area contributed by atoms with Crippen LogP contribution in [0.2, 0.25) is 0 Å². The van der Waals surface area contributed by atoms with Gasteiger partial charge in [0.15, 0.2) is 6.04 Å². The first-order valence-corrected chi connectivity index (χ1v) is 12.7. The van der Waals surface area contributed by atoms with Crippen LogP contribution in [-0.2, 0) is 19.6 Å². The lowest BCUT2D eigenvalue weighted by Gasteiger charge is -2.44. The average Bonchev–Trinajstić information content (AvgIpc) is 2.77. The molecule has 176 valence electrons. The van der Waals surface area contributed by atoms with Crippen LogP contribution in [0.1, 0.15) is 34.8 Å². The first-order chi connectivity index (χ1) is 15.7. The van der Waals surface area contributed by atoms with Gasteiger partial charge >= 0.3 is 11.9 Å². The van der Waals surface area contributed by atoms with E-state index in [9.17, 15) is 23.1 Å². The van der Waals surface area contributed by atoms with Crippen molar-refractivity contribution in [1.29, 1.82) is 0 Å². The number of esters is 1. The van der Waals surface area contributed by atoms with Gasteiger partial charge in [0.25, 0.3) is 0 Å². The first-order valence-electron chi connectivity index (χ1n) is 10.8. The Morgan fingerprint density at radius 3 is 2.33 bits per heavy atom. The Morgan fingerprint density at radius 2 is 1.76 bits per heavy atom. The smallest absolute Gasteiger partial charge is 0.335 e. The van der Waals surface area contributed by atoms with Gasteiger partial charge in [0.1, 0.15) is 6.10 Å². The Balaban J connectivity index is 1.62. The Hall–Kier alpha value is -3.11. The summed E-state index contributed by atoms with van der Waals surface area (Å²) in [5, 5.41) is 12.5. The molecule has 0 aliphatic carbocycles. The second-order valence-corrected chi connectivity index (χ2v) is 10.3. The summed E-state index contributed by atoms with van der Waals surface area (Å²) in [5.74, 6) is -1.34. The highest BCUT2D eigenvalue weighted by Crippen LogP contribution is 2.32. The highest BCUT2D eigenvalue weighted by atomic mass is 32.2. The second kappa shape index (κ2) is 9.40. The maximum absolute atomic E-state index is 13.3. The zero-order valence-corrected chi connectivity index (χ0v) is 19.0. The molecule has 2 atom stereocenters. The van der Waals surface area contributed by atoms with Crippen molar-refractivity contribution in [3.63, 3.8) is 0 Å². The molecule has 9 nitrogen and oxygen atoms in total. The molecule has 0 radical (unpaired) electrons. The second-order valence-electron chi connectivity index (χ2n) is 8.58. The molecule has 33 heavy (non-hydrogen) atoms. The number of anilines is 2. The molecule has 0 amide bonds. The lowest BCUT2D eigenvalue weighted by molar-refractivity contribution is -0.159. The molecule has 3 aliphatic rings. The number of sulfonamides is 1. The summed E-state index contributed by atoms with van der Waals surface area (Å²) < 4.78 is 31.6. The minimum absolute atomic E-state index is 0.0810. The van der Waals surface area contributed by atoms with Crippen LogP contribution in [-0.4, -0.2) is 62.4 Å². The number of piperidine rings is 3. The number of fused-ring (bicyclic) bond motifs is 3. The molecule has 3 aliphatic heterocycles. The predicted octanol–water partition coefficient (Wildman–Crippen LogP) is 2.55. The van der Waals surface area contributed by atoms with Gasteiger partial charge in [-0.25, -0.2) is 18.0 Å². The zero-order valence-electron chi connectivity index (χ0n) is 18.2. The molecule has 5 rings (SSSR count). The van der Waals surface area contributed by atoms with Gasteiger partial charge in [-0.3, -0.25) is 9.62 Å². The van der Waals surface area contributed by atoms with Gasteiger partial charge in [-0.05, 0) is 55.6 Å². The van der Waals surface area contributed by atoms with Crippen LogP contribution < -0.4 is 10.0 Å². The molecule has 0 aromatic heterocycles. The normalized spacial score (nSPS) is 22.9. The van der Waals surface area contributed by atoms with E-state index in [1.807, 2.05) is 6.07 Å². The molecule has 1 unspecified atom stereocenters. The molecule has 2 bridgehead atoms. The van der Waals surface area contributed by atoms with Crippen molar-refractivity contribution < 1.29 is 27.9 Å². The number of nitrogens with one attached hydrogen (secondary N) is 2. The molecule has 0 saturated carbocycles. The average molecular weight is 474 g/mol. The van der Waals surface area contributed by atoms with Gasteiger partial charge in [-0.15, -0.1) is 0 Å². The Labute approximate surface area is 192 Å². The van der Waals surface area contributed by atoms with Crippen molar-refractivity contribution in [1.82, 2.24) is 4.90 Å². The molecule has 3 heterocycles. The zero-order chi connectivity index (χ0) is 23.6. The van der Waals surface area contributed by atoms with Gasteiger partial charge < -0.3 is 15.2 Å². The molecule has 3 N–H and O–H groups in total. The van der Waals surface area contributed by atoms with Crippen LogP contribution >= 0.6 is 0 Å². The van der Waals surface area contributed by atoms with Gasteiger partial charge in [-0.2, -0.15) is 0 Å². The summed E-state index contributed by atoms with van der Waals surface area (Å²) in [6.45, 7) is 2.77. The topological polar surface area (TPSA) is 125 Å². The van der Waals surface area contributed by atoms with Crippen LogP contribution in [0.3, 0.4) is 0 Å². The van der Waals surface area contributed by atoms with E-state index >= 15 is 0 Å². The van der Waals surface area contributed by atoms with Crippen molar-refractivity contribution in [3.8, 4) is 0 Å². The van der Waals surface area contributed by atoms with Crippen LogP contribution in [0.15, 0.2) is 48.5 Å². The minimum atomic E-state index is -3.62. The van der Waals surface area contributed by atoms with E-state index in [2.05, 4.69) is 14.9 Å². The van der Waals surface area contributed by atoms with Crippen LogP contribution in [0.4, 0.5) is 11.4 Å². The fourth-order valence-electron chi connectivity index (χ4n) is 4.46. The van der Waals surface area contributed by atoms with E-state index in [0.29, 0.717) is 11.5 Å². The fourth-order valence-corrected chi connectivity index (χ4v) is 5.01. The van der Waals surface area contributed by atoms with E-state index in [1.165, 1.54) is 18.2 Å². The van der Waals surface area contributed by atoms with Gasteiger partial charge in [0.2, 0.25) is 10.0 Å². The number of benzene rings is 2. The highest BCUT2D eigenvalue weighted by Gasteiger charge is 2.38. The Bertz CT molecular complexity index is 1130. The molecule has 2 aromatic carbocycles. The van der Waals surface area contributed by atoms with Crippen molar-refractivity contribution in [3.05, 3.63) is 59.7 Å². The molecule has 10 heteroatoms. The van der Waals surface area contributed by atoms with Gasteiger partial charge in [0.05, 0.1) is 17.5 Å². The van der Waals surface area contributed by atoms with E-state index in [-0.39, 0.29) is 23.0 Å². The van der Waals surface area contributed by atoms with E-state index < -0.39 is 28.0 Å². The number of aromatic carboxylic acids is 1. The molecular formula is C23H27N3O6S. The largest absolute Gasteiger partial charge is 0.478 e. The highest BCUT2D eigenvalue weighted by molar-refractivity contribution is 7.92. The lowest BCUT2D eigenvalue weighted by Crippen LogP contribution is -2.52. The summed E-state index contributed by atoms with van der Waals surface area (Å²) in [5.41, 5.74) is 0.893. The third kappa shape index (κ3) is 5.82. The maximum atomic E-state index is 13.3. The maximum Gasteiger partial charge on any atom is 0.335 e. The summed E-state index contributed by atoms with van der Waals surface area (Å²) >= 11 is 0. The molecule has 3 fully saturated rings. The quantitative estimate of drug-likeness (QED) is 0.500. The lowest BCUT2D eigenvalue weighted by atomic mass is 9.86. The van der Waals surface area contributed by atoms with Gasteiger partial charge in [-0.1, -0.05) is 30.3 Å². The molecule has 0 spiro atoms. The fraction of sp³-hybridized carbons (Fsp3) is 0.391. The number of carbonyl (C=O) groups excluding carboxylic acids is 1. The first kappa shape index (κ1) is 23.1. The number of carbonyl (C=O) groups is 2. The third-order valence-electron chi connectivity index (χ3n) is 6.03. The molecule has 2 aromatic rings. The Morgan fingerprint density at radius 1 is 1.09 bits per heavy atom. The molecular weight excluding hydrogens is 446 g/mol. The van der Waals surface area contributed by atoms with Gasteiger partial charge in [0, 0.05) is 12.2 Å². The monoisotopic (exact) mass is 473 g/mol. The number of rotatable bonds is 8. The SMILES string of the molecule is CS(=O)(=O)Nc1cc(NC(C(=O)O[C@H]2CN3CCC2CC3)c2ccccc2)cc(C(=O)O)c1. The number of carboxylic acid groups (broad SMARTS) is 1. The molecule has 3 saturated heterocycles. The summed E-state index contributed by atoms with van der Waals surface area (Å²) in [4.78, 5) is 27.2. The number of carboxylic acids is 1. The van der Waals surface area contributed by atoms with E-state index in [0.717, 1.165) is 38.7 Å².